The molecular formula is C43H60. The third-order valence-electron chi connectivity index (χ3n) is 9.73. The highest BCUT2D eigenvalue weighted by atomic mass is 14.3. The molecule has 0 amide bonds. The van der Waals surface area contributed by atoms with Gasteiger partial charge in [0.25, 0.3) is 0 Å². The maximum absolute atomic E-state index is 2.42. The van der Waals surface area contributed by atoms with Gasteiger partial charge in [-0.15, -0.1) is 0 Å². The SMILES string of the molecule is CC1=C(/C=C/C(C)=C/C=C/C(C)=C/C2=CC(=C(C)/C=C/C=C(C)/C=C/C3=C(C)CCCC3(C)C)/CCC2)C(C)(C)CCC1. The van der Waals surface area contributed by atoms with Gasteiger partial charge < -0.3 is 0 Å². The van der Waals surface area contributed by atoms with Crippen LogP contribution in [0.15, 0.2) is 129 Å². The fraction of sp³-hybridized carbons (Fsp3) is 0.488. The van der Waals surface area contributed by atoms with Crippen LogP contribution in [0.25, 0.3) is 0 Å². The van der Waals surface area contributed by atoms with Crippen molar-refractivity contribution < 1.29 is 0 Å². The minimum Gasteiger partial charge on any atom is -0.0696 e. The second kappa shape index (κ2) is 15.7. The third kappa shape index (κ3) is 10.7. The Morgan fingerprint density at radius 2 is 1.12 bits per heavy atom. The molecule has 0 radical (unpaired) electrons. The first kappa shape index (κ1) is 34.6. The molecule has 0 N–H and O–H groups in total. The molecule has 3 aliphatic rings. The minimum absolute atomic E-state index is 0.291. The van der Waals surface area contributed by atoms with E-state index in [0.717, 1.165) is 12.8 Å². The number of rotatable bonds is 9. The summed E-state index contributed by atoms with van der Waals surface area (Å²) in [6.07, 6.45) is 38.7. The largest absolute Gasteiger partial charge is 0.0696 e. The van der Waals surface area contributed by atoms with Crippen LogP contribution < -0.4 is 0 Å². The van der Waals surface area contributed by atoms with Crippen molar-refractivity contribution in [2.24, 2.45) is 10.8 Å². The highest BCUT2D eigenvalue weighted by Crippen LogP contribution is 2.41. The third-order valence-corrected chi connectivity index (χ3v) is 9.73. The van der Waals surface area contributed by atoms with E-state index in [1.165, 1.54) is 89.5 Å². The van der Waals surface area contributed by atoms with Crippen LogP contribution in [-0.2, 0) is 0 Å². The second-order valence-corrected chi connectivity index (χ2v) is 14.7. The molecule has 0 spiro atoms. The molecule has 0 aliphatic heterocycles. The molecule has 232 valence electrons. The highest BCUT2D eigenvalue weighted by Gasteiger charge is 2.27. The molecule has 0 fully saturated rings. The van der Waals surface area contributed by atoms with Crippen molar-refractivity contribution in [3.8, 4) is 0 Å². The Kier molecular flexibility index (Phi) is 12.7. The van der Waals surface area contributed by atoms with E-state index in [1.807, 2.05) is 0 Å². The Labute approximate surface area is 265 Å². The van der Waals surface area contributed by atoms with Crippen LogP contribution in [0.1, 0.15) is 127 Å². The zero-order chi connectivity index (χ0) is 31.6. The van der Waals surface area contributed by atoms with Crippen molar-refractivity contribution >= 4 is 0 Å². The molecule has 0 unspecified atom stereocenters. The summed E-state index contributed by atoms with van der Waals surface area (Å²) in [4.78, 5) is 0. The van der Waals surface area contributed by atoms with E-state index in [2.05, 4.69) is 142 Å². The molecule has 3 aliphatic carbocycles. The zero-order valence-corrected chi connectivity index (χ0v) is 29.3. The molecule has 43 heavy (non-hydrogen) atoms. The van der Waals surface area contributed by atoms with Crippen molar-refractivity contribution in [1.29, 1.82) is 0 Å². The summed E-state index contributed by atoms with van der Waals surface area (Å²) in [6.45, 7) is 23.0. The van der Waals surface area contributed by atoms with Crippen LogP contribution in [0.2, 0.25) is 0 Å². The lowest BCUT2D eigenvalue weighted by Crippen LogP contribution is -2.19. The maximum Gasteiger partial charge on any atom is -0.0104 e. The van der Waals surface area contributed by atoms with Gasteiger partial charge in [0.15, 0.2) is 0 Å². The van der Waals surface area contributed by atoms with Crippen molar-refractivity contribution in [2.45, 2.75) is 127 Å². The van der Waals surface area contributed by atoms with Gasteiger partial charge in [-0.1, -0.05) is 128 Å². The molecule has 3 rings (SSSR count). The number of hydrogen-bond acceptors (Lipinski definition) is 0. The second-order valence-electron chi connectivity index (χ2n) is 14.7. The van der Waals surface area contributed by atoms with Gasteiger partial charge in [0.2, 0.25) is 0 Å². The van der Waals surface area contributed by atoms with Crippen LogP contribution in [-0.4, -0.2) is 0 Å². The van der Waals surface area contributed by atoms with E-state index in [1.54, 1.807) is 11.1 Å². The van der Waals surface area contributed by atoms with E-state index in [0.29, 0.717) is 10.8 Å². The molecule has 0 aromatic rings. The van der Waals surface area contributed by atoms with Crippen LogP contribution >= 0.6 is 0 Å². The lowest BCUT2D eigenvalue weighted by atomic mass is 9.72. The molecule has 0 nitrogen and oxygen atoms in total. The summed E-state index contributed by atoms with van der Waals surface area (Å²) in [6, 6.07) is 0. The molecule has 0 heterocycles. The van der Waals surface area contributed by atoms with Crippen molar-refractivity contribution in [3.63, 3.8) is 0 Å². The van der Waals surface area contributed by atoms with E-state index in [4.69, 9.17) is 0 Å². The lowest BCUT2D eigenvalue weighted by molar-refractivity contribution is 0.376. The standard InChI is InChI=1S/C43H60/c1-32(24-26-40-36(5)20-14-28-42(40,7)8)16-11-18-34(3)30-38-22-13-23-39(31-38)35(4)19-12-17-33(2)25-27-41-37(6)21-15-29-43(41,9)10/h11-12,16-19,24-27,30-31H,13-15,20-23,28-29H2,1-10H3/b18-11+,19-12+,26-24+,27-25+,32-16+,33-17+,34-30+,39-35+. The van der Waals surface area contributed by atoms with E-state index < -0.39 is 0 Å². The van der Waals surface area contributed by atoms with Crippen molar-refractivity contribution in [2.75, 3.05) is 0 Å². The lowest BCUT2D eigenvalue weighted by Gasteiger charge is -2.33. The van der Waals surface area contributed by atoms with Gasteiger partial charge in [0.05, 0.1) is 0 Å². The first-order valence-corrected chi connectivity index (χ1v) is 16.8. The van der Waals surface area contributed by atoms with Crippen LogP contribution in [0, 0.1) is 10.8 Å². The monoisotopic (exact) mass is 576 g/mol. The molecule has 0 saturated carbocycles. The number of hydrogen-bond donors (Lipinski definition) is 0. The predicted octanol–water partition coefficient (Wildman–Crippen LogP) is 13.5. The molecule has 0 bridgehead atoms. The number of allylic oxidation sites excluding steroid dienone is 22. The predicted molar refractivity (Wildman–Crippen MR) is 193 cm³/mol. The molecular weight excluding hydrogens is 516 g/mol. The Hall–Kier alpha value is -2.86. The van der Waals surface area contributed by atoms with Crippen molar-refractivity contribution in [1.82, 2.24) is 0 Å². The van der Waals surface area contributed by atoms with Gasteiger partial charge in [0, 0.05) is 0 Å². The maximum atomic E-state index is 2.42. The summed E-state index contributed by atoms with van der Waals surface area (Å²) >= 11 is 0. The summed E-state index contributed by atoms with van der Waals surface area (Å²) in [5.74, 6) is 0. The van der Waals surface area contributed by atoms with Gasteiger partial charge in [-0.25, -0.2) is 0 Å². The van der Waals surface area contributed by atoms with E-state index in [-0.39, 0.29) is 0 Å². The highest BCUT2D eigenvalue weighted by molar-refractivity contribution is 5.43. The average molecular weight is 577 g/mol. The van der Waals surface area contributed by atoms with Gasteiger partial charge >= 0.3 is 0 Å². The Morgan fingerprint density at radius 3 is 1.63 bits per heavy atom. The Morgan fingerprint density at radius 1 is 0.605 bits per heavy atom. The van der Waals surface area contributed by atoms with Crippen molar-refractivity contribution in [3.05, 3.63) is 129 Å². The summed E-state index contributed by atoms with van der Waals surface area (Å²) < 4.78 is 0. The van der Waals surface area contributed by atoms with Gasteiger partial charge in [-0.3, -0.25) is 0 Å². The average Bonchev–Trinajstić information content (AvgIpc) is 2.92. The topological polar surface area (TPSA) is 0 Å². The molecule has 0 aromatic heterocycles. The van der Waals surface area contributed by atoms with E-state index >= 15 is 0 Å². The fourth-order valence-electron chi connectivity index (χ4n) is 6.98. The fourth-order valence-corrected chi connectivity index (χ4v) is 6.98. The summed E-state index contributed by atoms with van der Waals surface area (Å²) in [7, 11) is 0. The molecule has 0 atom stereocenters. The summed E-state index contributed by atoms with van der Waals surface area (Å²) in [5, 5.41) is 0. The Balaban J connectivity index is 1.63. The van der Waals surface area contributed by atoms with Crippen LogP contribution in [0.4, 0.5) is 0 Å². The minimum atomic E-state index is 0.291. The van der Waals surface area contributed by atoms with Gasteiger partial charge in [-0.2, -0.15) is 0 Å². The molecule has 0 saturated heterocycles. The van der Waals surface area contributed by atoms with Crippen LogP contribution in [0.3, 0.4) is 0 Å². The normalized spacial score (nSPS) is 23.9. The van der Waals surface area contributed by atoms with Gasteiger partial charge in [0.1, 0.15) is 0 Å². The van der Waals surface area contributed by atoms with E-state index in [9.17, 15) is 0 Å². The summed E-state index contributed by atoms with van der Waals surface area (Å²) in [5.41, 5.74) is 14.9. The van der Waals surface area contributed by atoms with Gasteiger partial charge in [-0.05, 0) is 138 Å². The van der Waals surface area contributed by atoms with Crippen LogP contribution in [0.5, 0.6) is 0 Å². The molecule has 0 aromatic carbocycles. The first-order valence-electron chi connectivity index (χ1n) is 16.8. The Bertz CT molecular complexity index is 1350. The quantitative estimate of drug-likeness (QED) is 0.239. The zero-order valence-electron chi connectivity index (χ0n) is 29.3. The smallest absolute Gasteiger partial charge is 0.0104 e. The molecule has 0 heteroatoms. The first-order chi connectivity index (χ1) is 20.3.